The molecule has 9 N–H and O–H groups in total. The number of unbranched alkanes of at least 4 members (excludes halogenated alkanes) is 16. The molecule has 20 nitrogen and oxygen atoms in total. The lowest BCUT2D eigenvalue weighted by Crippen LogP contribution is -2.47. The summed E-state index contributed by atoms with van der Waals surface area (Å²) in [7, 11) is 6.15. The number of aldehydes is 3. The number of primary amides is 1. The van der Waals surface area contributed by atoms with Gasteiger partial charge in [0, 0.05) is 66.7 Å². The van der Waals surface area contributed by atoms with Crippen molar-refractivity contribution in [3.8, 4) is 0 Å². The monoisotopic (exact) mass is 1150 g/mol. The molecular weight excluding hydrogens is 1060 g/mol. The van der Waals surface area contributed by atoms with Gasteiger partial charge in [-0.25, -0.2) is 3.53 Å². The van der Waals surface area contributed by atoms with Gasteiger partial charge >= 0.3 is 11.9 Å². The summed E-state index contributed by atoms with van der Waals surface area (Å²) in [5, 5.41) is 28.0. The maximum atomic E-state index is 11.8. The lowest BCUT2D eigenvalue weighted by molar-refractivity contribution is -0.140. The average molecular weight is 1160 g/mol. The van der Waals surface area contributed by atoms with Gasteiger partial charge in [-0.1, -0.05) is 125 Å². The summed E-state index contributed by atoms with van der Waals surface area (Å²) < 4.78 is 23.3. The molecule has 3 atom stereocenters. The molecule has 0 aliphatic carbocycles. The number of hydrogen-bond donors (Lipinski definition) is 8. The van der Waals surface area contributed by atoms with Gasteiger partial charge in [0.2, 0.25) is 17.7 Å². The maximum absolute atomic E-state index is 11.8. The number of rotatable bonds is 49. The summed E-state index contributed by atoms with van der Waals surface area (Å²) in [5.74, 6) is -2.02. The van der Waals surface area contributed by atoms with E-state index in [0.717, 1.165) is 44.8 Å². The normalized spacial score (nSPS) is 11.7. The number of hydrogen-bond acceptors (Lipinski definition) is 17. The number of ether oxygens (including phenoxy) is 4. The summed E-state index contributed by atoms with van der Waals surface area (Å²) in [4.78, 5) is 86.4. The molecule has 0 saturated carbocycles. The first-order chi connectivity index (χ1) is 33.9. The molecule has 0 aliphatic heterocycles. The Kier molecular flexibility index (Phi) is 66.2. The van der Waals surface area contributed by atoms with Gasteiger partial charge in [-0.3, -0.25) is 24.0 Å². The van der Waals surface area contributed by atoms with Crippen molar-refractivity contribution in [3.63, 3.8) is 0 Å². The van der Waals surface area contributed by atoms with Gasteiger partial charge in [-0.2, -0.15) is 0 Å². The van der Waals surface area contributed by atoms with Crippen LogP contribution in [0.2, 0.25) is 0 Å². The molecule has 3 amide bonds. The minimum Gasteiger partial charge on any atom is -0.481 e. The van der Waals surface area contributed by atoms with Crippen LogP contribution < -0.4 is 30.5 Å². The predicted molar refractivity (Wildman–Crippen MR) is 287 cm³/mol. The second kappa shape index (κ2) is 62.6. The van der Waals surface area contributed by atoms with E-state index in [2.05, 4.69) is 24.8 Å². The fourth-order valence-corrected chi connectivity index (χ4v) is 8.65. The number of carbonyl (C=O) groups excluding carboxylic acids is 6. The Balaban J connectivity index is -0.000000461. The van der Waals surface area contributed by atoms with Crippen molar-refractivity contribution in [1.29, 1.82) is 0 Å². The lowest BCUT2D eigenvalue weighted by Gasteiger charge is -2.15. The van der Waals surface area contributed by atoms with Crippen LogP contribution in [0, 0.1) is 0 Å². The van der Waals surface area contributed by atoms with E-state index in [1.807, 2.05) is 43.8 Å². The van der Waals surface area contributed by atoms with Crippen molar-refractivity contribution in [2.24, 2.45) is 5.73 Å². The van der Waals surface area contributed by atoms with Gasteiger partial charge in [0.25, 0.3) is 0 Å². The van der Waals surface area contributed by atoms with Crippen LogP contribution in [0.15, 0.2) is 0 Å². The van der Waals surface area contributed by atoms with Crippen molar-refractivity contribution in [2.75, 3.05) is 91.5 Å². The van der Waals surface area contributed by atoms with E-state index in [-0.39, 0.29) is 38.0 Å². The highest BCUT2D eigenvalue weighted by atomic mass is 127. The molecule has 0 saturated heterocycles. The molecule has 2 unspecified atom stereocenters. The Labute approximate surface area is 440 Å². The molecule has 0 rings (SSSR count). The van der Waals surface area contributed by atoms with E-state index in [1.165, 1.54) is 112 Å². The van der Waals surface area contributed by atoms with Crippen LogP contribution in [0.3, 0.4) is 0 Å². The fraction of sp³-hybridized carbons (Fsp3) is 0.830. The number of amides is 3. The summed E-state index contributed by atoms with van der Waals surface area (Å²) in [6, 6.07) is -1.77. The molecule has 0 heterocycles. The highest BCUT2D eigenvalue weighted by Gasteiger charge is 2.19. The van der Waals surface area contributed by atoms with Gasteiger partial charge in [0.05, 0.1) is 45.7 Å². The Morgan fingerprint density at radius 2 is 1.11 bits per heavy atom. The van der Waals surface area contributed by atoms with E-state index in [9.17, 15) is 38.4 Å². The van der Waals surface area contributed by atoms with E-state index < -0.39 is 35.8 Å². The molecule has 0 radical (unpaired) electrons. The second-order valence-electron chi connectivity index (χ2n) is 15.4. The number of nitrogens with one attached hydrogen (secondary N) is 5. The topological polar surface area (TPSA) is 300 Å². The summed E-state index contributed by atoms with van der Waals surface area (Å²) in [6.07, 6.45) is 24.1. The Hall–Kier alpha value is -2.49. The molecule has 0 aromatic carbocycles. The summed E-state index contributed by atoms with van der Waals surface area (Å²) in [5.41, 5.74) is 5.29. The molecule has 0 aromatic heterocycles. The number of halogens is 1. The lowest BCUT2D eigenvalue weighted by atomic mass is 10.0. The number of nitrogens with two attached hydrogens (primary N) is 1. The SMILES string of the molecule is CC.CNCCOCCOCC(=O)NC(CSSCC(C=O)NI)C(N)=O.CN[C@@H](CCC(=O)NCCOCCOCC=O)C(=O)O.O=CCCCCCCCCCCCCCCCCCCC(=O)O. The first kappa shape index (κ1) is 74.0. The van der Waals surface area contributed by atoms with Crippen molar-refractivity contribution in [1.82, 2.24) is 24.8 Å². The second-order valence-corrected chi connectivity index (χ2v) is 18.6. The van der Waals surface area contributed by atoms with Crippen LogP contribution in [-0.4, -0.2) is 168 Å². The zero-order chi connectivity index (χ0) is 53.1. The van der Waals surface area contributed by atoms with E-state index >= 15 is 0 Å². The molecule has 0 aliphatic rings. The van der Waals surface area contributed by atoms with E-state index in [4.69, 9.17) is 34.9 Å². The van der Waals surface area contributed by atoms with Crippen LogP contribution in [0.25, 0.3) is 0 Å². The molecule has 0 aromatic rings. The highest BCUT2D eigenvalue weighted by Crippen LogP contribution is 2.23. The molecule has 0 spiro atoms. The number of aliphatic carboxylic acids is 2. The van der Waals surface area contributed by atoms with Crippen LogP contribution in [0.4, 0.5) is 0 Å². The average Bonchev–Trinajstić information content (AvgIpc) is 3.34. The van der Waals surface area contributed by atoms with Crippen molar-refractivity contribution in [3.05, 3.63) is 0 Å². The van der Waals surface area contributed by atoms with Crippen molar-refractivity contribution < 1.29 is 67.5 Å². The minimum atomic E-state index is -0.973. The third-order valence-corrected chi connectivity index (χ3v) is 12.8. The Morgan fingerprint density at radius 1 is 0.614 bits per heavy atom. The van der Waals surface area contributed by atoms with Gasteiger partial charge in [-0.15, -0.1) is 0 Å². The molecule has 70 heavy (non-hydrogen) atoms. The van der Waals surface area contributed by atoms with Crippen LogP contribution in [0.5, 0.6) is 0 Å². The van der Waals surface area contributed by atoms with Crippen molar-refractivity contribution in [2.45, 2.75) is 160 Å². The van der Waals surface area contributed by atoms with Gasteiger partial charge in [-0.05, 0) is 33.4 Å². The number of carboxylic acids is 2. The zero-order valence-electron chi connectivity index (χ0n) is 42.7. The first-order valence-corrected chi connectivity index (χ1v) is 28.4. The molecule has 0 bridgehead atoms. The third kappa shape index (κ3) is 61.6. The van der Waals surface area contributed by atoms with Crippen LogP contribution >= 0.6 is 44.5 Å². The number of carbonyl (C=O) groups is 8. The predicted octanol–water partition coefficient (Wildman–Crippen LogP) is 5.20. The summed E-state index contributed by atoms with van der Waals surface area (Å²) >= 11 is 1.91. The third-order valence-electron chi connectivity index (χ3n) is 9.55. The summed E-state index contributed by atoms with van der Waals surface area (Å²) in [6.45, 7) is 7.26. The molecule has 23 heteroatoms. The highest BCUT2D eigenvalue weighted by molar-refractivity contribution is 14.1. The standard InChI is InChI=1S/C20H38O3.C13H25IN4O5S2.C12H22N2O6.C2H6/c21-19-17-15-13-11-9-7-5-3-1-2-4-6-8-10-12-14-16-18-20(22)23;1-16-2-3-22-4-5-23-7-12(20)17-11(13(15)21)9-25-24-8-10(6-19)18-14;1-13-10(12(17)18)2-3-11(16)14-4-6-19-8-9-20-7-5-15;1-2/h19H,1-18H2,(H,22,23);6,10-11,16,18H,2-5,7-9H2,1H3,(H2,15,21)(H,17,20);5,10,13H,2-4,6-9H2,1H3,(H,14,16)(H,17,18);1-2H3/t;;10-;/m..0./s1. The smallest absolute Gasteiger partial charge is 0.320 e. The Bertz CT molecular complexity index is 1260. The Morgan fingerprint density at radius 3 is 1.57 bits per heavy atom. The number of likely N-dealkylation sites (N-methyl/N-ethyl adjacent to an activating group) is 2. The van der Waals surface area contributed by atoms with Crippen LogP contribution in [-0.2, 0) is 57.3 Å². The van der Waals surface area contributed by atoms with Gasteiger partial charge < -0.3 is 70.5 Å². The molecular formula is C47H91IN6O14S2. The first-order valence-electron chi connectivity index (χ1n) is 24.8. The minimum absolute atomic E-state index is 0.0519. The fourth-order valence-electron chi connectivity index (χ4n) is 5.67. The largest absolute Gasteiger partial charge is 0.481 e. The van der Waals surface area contributed by atoms with Crippen LogP contribution in [0.1, 0.15) is 142 Å². The quantitative estimate of drug-likeness (QED) is 0.0128. The van der Waals surface area contributed by atoms with Crippen molar-refractivity contribution >= 4 is 93.0 Å². The van der Waals surface area contributed by atoms with E-state index in [1.54, 1.807) is 0 Å². The van der Waals surface area contributed by atoms with Gasteiger partial charge in [0.15, 0.2) is 0 Å². The number of carboxylic acid groups (broad SMARTS) is 2. The maximum Gasteiger partial charge on any atom is 0.320 e. The molecule has 0 fully saturated rings. The molecule has 412 valence electrons. The van der Waals surface area contributed by atoms with E-state index in [0.29, 0.717) is 70.4 Å². The van der Waals surface area contributed by atoms with Gasteiger partial charge in [0.1, 0.15) is 44.2 Å². The zero-order valence-corrected chi connectivity index (χ0v) is 46.4.